The monoisotopic (exact) mass is 390 g/mol. The first-order valence-electron chi connectivity index (χ1n) is 11.4. The van der Waals surface area contributed by atoms with Crippen molar-refractivity contribution in [3.63, 3.8) is 0 Å². The third-order valence-electron chi connectivity index (χ3n) is 9.78. The molecular weight excluding hydrogens is 352 g/mol. The molecule has 0 aromatic heterocycles. The molecule has 0 aromatic carbocycles. The maximum Gasteiger partial charge on any atom is 0.147 e. The molecule has 0 saturated heterocycles. The van der Waals surface area contributed by atoms with E-state index in [1.54, 1.807) is 0 Å². The van der Waals surface area contributed by atoms with Gasteiger partial charge in [-0.2, -0.15) is 0 Å². The number of hydrogen-bond acceptors (Lipinski definition) is 4. The van der Waals surface area contributed by atoms with Crippen LogP contribution in [-0.2, 0) is 9.47 Å². The molecule has 8 atom stereocenters. The van der Waals surface area contributed by atoms with Crippen LogP contribution in [0.3, 0.4) is 0 Å². The summed E-state index contributed by atoms with van der Waals surface area (Å²) < 4.78 is 11.4. The van der Waals surface area contributed by atoms with Gasteiger partial charge in [0.1, 0.15) is 12.4 Å². The molecule has 4 nitrogen and oxygen atoms in total. The first-order chi connectivity index (χ1) is 13.2. The van der Waals surface area contributed by atoms with Crippen molar-refractivity contribution in [1.29, 1.82) is 0 Å². The Morgan fingerprint density at radius 3 is 2.50 bits per heavy atom. The number of fused-ring (bicyclic) bond motifs is 5. The first kappa shape index (κ1) is 20.7. The van der Waals surface area contributed by atoms with Gasteiger partial charge in [-0.1, -0.05) is 19.8 Å². The Bertz CT molecular complexity index is 643. The molecule has 2 N–H and O–H groups in total. The second-order valence-corrected chi connectivity index (χ2v) is 10.5. The lowest BCUT2D eigenvalue weighted by Gasteiger charge is -2.64. The fourth-order valence-electron chi connectivity index (χ4n) is 7.81. The van der Waals surface area contributed by atoms with E-state index in [-0.39, 0.29) is 11.3 Å². The van der Waals surface area contributed by atoms with E-state index in [0.29, 0.717) is 44.2 Å². The van der Waals surface area contributed by atoms with E-state index in [1.807, 2.05) is 13.8 Å². The summed E-state index contributed by atoms with van der Waals surface area (Å²) in [6.45, 7) is 7.59. The van der Waals surface area contributed by atoms with Gasteiger partial charge in [-0.15, -0.1) is 6.42 Å². The summed E-state index contributed by atoms with van der Waals surface area (Å²) in [5.74, 6) is 4.07. The van der Waals surface area contributed by atoms with Gasteiger partial charge in [-0.3, -0.25) is 0 Å². The number of hydrogen-bond donors (Lipinski definition) is 2. The predicted octanol–water partition coefficient (Wildman–Crippen LogP) is 3.89. The van der Waals surface area contributed by atoms with Gasteiger partial charge in [-0.05, 0) is 87.9 Å². The van der Waals surface area contributed by atoms with Gasteiger partial charge in [0.2, 0.25) is 0 Å². The smallest absolute Gasteiger partial charge is 0.147 e. The van der Waals surface area contributed by atoms with Crippen LogP contribution < -0.4 is 0 Å². The predicted molar refractivity (Wildman–Crippen MR) is 108 cm³/mol. The van der Waals surface area contributed by atoms with E-state index in [2.05, 4.69) is 12.8 Å². The van der Waals surface area contributed by atoms with Crippen molar-refractivity contribution in [2.45, 2.75) is 95.9 Å². The second kappa shape index (κ2) is 6.98. The van der Waals surface area contributed by atoms with E-state index in [9.17, 15) is 10.2 Å². The third-order valence-corrected chi connectivity index (χ3v) is 9.78. The zero-order valence-corrected chi connectivity index (χ0v) is 17.9. The lowest BCUT2D eigenvalue weighted by molar-refractivity contribution is -0.229. The van der Waals surface area contributed by atoms with Crippen molar-refractivity contribution >= 4 is 0 Å². The van der Waals surface area contributed by atoms with E-state index in [4.69, 9.17) is 15.9 Å². The van der Waals surface area contributed by atoms with E-state index in [1.165, 1.54) is 0 Å². The second-order valence-electron chi connectivity index (χ2n) is 10.5. The van der Waals surface area contributed by atoms with Crippen LogP contribution in [0.25, 0.3) is 0 Å². The van der Waals surface area contributed by atoms with Crippen LogP contribution in [0.1, 0.15) is 78.6 Å². The summed E-state index contributed by atoms with van der Waals surface area (Å²) in [4.78, 5) is 0. The Kier molecular flexibility index (Phi) is 5.15. The quantitative estimate of drug-likeness (QED) is 0.434. The average molecular weight is 391 g/mol. The van der Waals surface area contributed by atoms with Gasteiger partial charge >= 0.3 is 0 Å². The highest BCUT2D eigenvalue weighted by Gasteiger charge is 2.71. The maximum absolute atomic E-state index is 11.9. The van der Waals surface area contributed by atoms with Crippen molar-refractivity contribution in [3.8, 4) is 12.3 Å². The van der Waals surface area contributed by atoms with Crippen LogP contribution in [0.2, 0.25) is 0 Å². The molecule has 0 aromatic rings. The highest BCUT2D eigenvalue weighted by atomic mass is 16.7. The fraction of sp³-hybridized carbons (Fsp3) is 0.917. The minimum atomic E-state index is -1.17. The average Bonchev–Trinajstić information content (AvgIpc) is 2.90. The summed E-state index contributed by atoms with van der Waals surface area (Å²) in [7, 11) is 0. The Morgan fingerprint density at radius 2 is 1.79 bits per heavy atom. The zero-order valence-electron chi connectivity index (χ0n) is 17.9. The molecule has 4 rings (SSSR count). The van der Waals surface area contributed by atoms with E-state index >= 15 is 0 Å². The summed E-state index contributed by atoms with van der Waals surface area (Å²) in [6.07, 6.45) is 14.6. The normalized spacial score (nSPS) is 53.0. The molecule has 4 aliphatic rings. The molecule has 0 radical (unpaired) electrons. The molecule has 0 bridgehead atoms. The molecule has 1 unspecified atom stereocenters. The lowest BCUT2D eigenvalue weighted by Crippen LogP contribution is -2.65. The molecule has 28 heavy (non-hydrogen) atoms. The van der Waals surface area contributed by atoms with Crippen LogP contribution in [0.4, 0.5) is 0 Å². The van der Waals surface area contributed by atoms with Crippen molar-refractivity contribution in [3.05, 3.63) is 0 Å². The SMILES string of the molecule is C#CC1(O)CC[C@]2(O)[C@@H]3CC[C@@H]4C[C@@H](OCOCC)CC[C@]4(C)[C@H]3CC[C@]12C. The lowest BCUT2D eigenvalue weighted by atomic mass is 9.43. The minimum absolute atomic E-state index is 0.246. The first-order valence-corrected chi connectivity index (χ1v) is 11.4. The largest absolute Gasteiger partial charge is 0.389 e. The summed E-state index contributed by atoms with van der Waals surface area (Å²) >= 11 is 0. The Morgan fingerprint density at radius 1 is 1.00 bits per heavy atom. The van der Waals surface area contributed by atoms with Crippen molar-refractivity contribution in [2.24, 2.45) is 28.6 Å². The van der Waals surface area contributed by atoms with Gasteiger partial charge < -0.3 is 19.7 Å². The molecule has 4 saturated carbocycles. The molecule has 0 aliphatic heterocycles. The van der Waals surface area contributed by atoms with Gasteiger partial charge in [0.15, 0.2) is 0 Å². The van der Waals surface area contributed by atoms with Crippen molar-refractivity contribution < 1.29 is 19.7 Å². The number of ether oxygens (including phenoxy) is 2. The van der Waals surface area contributed by atoms with Gasteiger partial charge in [0.25, 0.3) is 0 Å². The molecule has 0 amide bonds. The number of rotatable bonds is 4. The van der Waals surface area contributed by atoms with E-state index < -0.39 is 16.6 Å². The van der Waals surface area contributed by atoms with Crippen LogP contribution in [0, 0.1) is 40.9 Å². The maximum atomic E-state index is 11.9. The van der Waals surface area contributed by atoms with Crippen LogP contribution >= 0.6 is 0 Å². The van der Waals surface area contributed by atoms with Crippen LogP contribution in [0.15, 0.2) is 0 Å². The highest BCUT2D eigenvalue weighted by Crippen LogP contribution is 2.69. The summed E-state index contributed by atoms with van der Waals surface area (Å²) in [5.41, 5.74) is -2.35. The van der Waals surface area contributed by atoms with Crippen molar-refractivity contribution in [2.75, 3.05) is 13.4 Å². The zero-order chi connectivity index (χ0) is 20.2. The third kappa shape index (κ3) is 2.66. The van der Waals surface area contributed by atoms with Crippen LogP contribution in [-0.4, -0.2) is 40.9 Å². The van der Waals surface area contributed by atoms with E-state index in [0.717, 1.165) is 44.9 Å². The van der Waals surface area contributed by atoms with Crippen molar-refractivity contribution in [1.82, 2.24) is 0 Å². The standard InChI is InChI=1S/C24H38O4/c1-5-23(25)13-14-24(26)20-8-7-17-15-18(28-16-27-6-2)9-11-21(17,3)19(20)10-12-22(23,24)4/h1,17-20,25-26H,6-16H2,2-4H3/t17-,18+,19+,20-,21+,22-,23?,24+/m1/s1. The fourth-order valence-corrected chi connectivity index (χ4v) is 7.81. The van der Waals surface area contributed by atoms with Gasteiger partial charge in [0, 0.05) is 12.0 Å². The molecule has 0 heterocycles. The molecule has 0 spiro atoms. The molecule has 4 heteroatoms. The minimum Gasteiger partial charge on any atom is -0.389 e. The Hall–Kier alpha value is -0.600. The van der Waals surface area contributed by atoms with Crippen LogP contribution in [0.5, 0.6) is 0 Å². The molecule has 4 fully saturated rings. The Labute approximate surface area is 170 Å². The summed E-state index contributed by atoms with van der Waals surface area (Å²) in [5, 5.41) is 23.1. The number of terminal acetylenes is 1. The Balaban J connectivity index is 1.54. The molecule has 4 aliphatic carbocycles. The van der Waals surface area contributed by atoms with Gasteiger partial charge in [-0.25, -0.2) is 0 Å². The topological polar surface area (TPSA) is 58.9 Å². The summed E-state index contributed by atoms with van der Waals surface area (Å²) in [6, 6.07) is 0. The number of aliphatic hydroxyl groups is 2. The molecule has 158 valence electrons. The van der Waals surface area contributed by atoms with Gasteiger partial charge in [0.05, 0.1) is 11.7 Å². The highest BCUT2D eigenvalue weighted by molar-refractivity contribution is 5.29. The molecular formula is C24H38O4.